The molecule has 0 atom stereocenters. The molecule has 3 rings (SSSR count). The number of carbonyl (C=O) groups excluding carboxylic acids is 2. The molecule has 0 radical (unpaired) electrons. The zero-order valence-corrected chi connectivity index (χ0v) is 11.0. The Morgan fingerprint density at radius 3 is 1.80 bits per heavy atom. The number of hydrogen-bond acceptors (Lipinski definition) is 2. The molecule has 2 nitrogen and oxygen atoms in total. The zero-order valence-electron chi connectivity index (χ0n) is 11.0. The van der Waals surface area contributed by atoms with E-state index in [2.05, 4.69) is 0 Å². The van der Waals surface area contributed by atoms with E-state index >= 15 is 0 Å². The quantitative estimate of drug-likeness (QED) is 0.776. The Bertz CT molecular complexity index is 682. The number of benzene rings is 2. The summed E-state index contributed by atoms with van der Waals surface area (Å²) in [5, 5.41) is 0. The van der Waals surface area contributed by atoms with Gasteiger partial charge in [-0.25, -0.2) is 0 Å². The molecule has 0 aliphatic heterocycles. The van der Waals surface area contributed by atoms with E-state index < -0.39 is 0 Å². The molecule has 0 saturated carbocycles. The van der Waals surface area contributed by atoms with Crippen LogP contribution in [0.5, 0.6) is 0 Å². The topological polar surface area (TPSA) is 34.1 Å². The summed E-state index contributed by atoms with van der Waals surface area (Å²) in [4.78, 5) is 24.1. The van der Waals surface area contributed by atoms with Gasteiger partial charge in [-0.3, -0.25) is 9.59 Å². The van der Waals surface area contributed by atoms with Crippen molar-refractivity contribution in [3.8, 4) is 0 Å². The molecule has 0 N–H and O–H groups in total. The highest BCUT2D eigenvalue weighted by Crippen LogP contribution is 2.34. The average Bonchev–Trinajstić information content (AvgIpc) is 2.51. The molecule has 0 saturated heterocycles. The van der Waals surface area contributed by atoms with Crippen molar-refractivity contribution in [3.05, 3.63) is 71.8 Å². The van der Waals surface area contributed by atoms with E-state index in [1.54, 1.807) is 0 Å². The molecule has 0 aromatic heterocycles. The van der Waals surface area contributed by atoms with Crippen LogP contribution in [0.15, 0.2) is 60.7 Å². The average molecular weight is 262 g/mol. The largest absolute Gasteiger partial charge is 0.290 e. The second-order valence-corrected chi connectivity index (χ2v) is 4.84. The van der Waals surface area contributed by atoms with Gasteiger partial charge in [0, 0.05) is 12.0 Å². The molecular weight excluding hydrogens is 248 g/mol. The highest BCUT2D eigenvalue weighted by Gasteiger charge is 2.28. The summed E-state index contributed by atoms with van der Waals surface area (Å²) >= 11 is 0. The number of ketones is 2. The highest BCUT2D eigenvalue weighted by molar-refractivity contribution is 6.57. The van der Waals surface area contributed by atoms with Crippen LogP contribution in [0.4, 0.5) is 0 Å². The van der Waals surface area contributed by atoms with Crippen molar-refractivity contribution in [2.24, 2.45) is 0 Å². The first-order valence-corrected chi connectivity index (χ1v) is 6.69. The number of allylic oxidation sites excluding steroid dienone is 2. The molecule has 1 aliphatic rings. The van der Waals surface area contributed by atoms with E-state index in [4.69, 9.17) is 0 Å². The Kier molecular flexibility index (Phi) is 3.30. The molecule has 0 spiro atoms. The van der Waals surface area contributed by atoms with Gasteiger partial charge in [0.1, 0.15) is 0 Å². The second-order valence-electron chi connectivity index (χ2n) is 4.84. The Morgan fingerprint density at radius 2 is 1.20 bits per heavy atom. The summed E-state index contributed by atoms with van der Waals surface area (Å²) in [5.74, 6) is -0.648. The summed E-state index contributed by atoms with van der Waals surface area (Å²) in [6.07, 6.45) is 0.929. The van der Waals surface area contributed by atoms with Gasteiger partial charge in [0.15, 0.2) is 0 Å². The molecule has 2 aromatic carbocycles. The smallest absolute Gasteiger partial charge is 0.229 e. The predicted octanol–water partition coefficient (Wildman–Crippen LogP) is 3.53. The van der Waals surface area contributed by atoms with Gasteiger partial charge in [-0.05, 0) is 23.1 Å². The maximum atomic E-state index is 12.3. The van der Waals surface area contributed by atoms with Gasteiger partial charge in [-0.1, -0.05) is 60.7 Å². The standard InChI is InChI=1S/C18H14O2/c19-16-12-11-15(13-7-3-1-4-8-13)17(18(16)20)14-9-5-2-6-10-14/h1-10H,11-12H2. The SMILES string of the molecule is O=C1CCC(c2ccccc2)=C(c2ccccc2)C1=O. The van der Waals surface area contributed by atoms with Crippen molar-refractivity contribution in [2.45, 2.75) is 12.8 Å². The molecule has 0 fully saturated rings. The summed E-state index contributed by atoms with van der Waals surface area (Å²) in [7, 11) is 0. The van der Waals surface area contributed by atoms with Crippen LogP contribution in [0.25, 0.3) is 11.1 Å². The monoisotopic (exact) mass is 262 g/mol. The number of hydrogen-bond donors (Lipinski definition) is 0. The lowest BCUT2D eigenvalue weighted by atomic mass is 9.82. The second kappa shape index (κ2) is 5.25. The predicted molar refractivity (Wildman–Crippen MR) is 78.9 cm³/mol. The number of Topliss-reactive ketones (excluding diaryl/α,β-unsaturated/α-hetero) is 2. The van der Waals surface area contributed by atoms with Gasteiger partial charge in [0.05, 0.1) is 0 Å². The van der Waals surface area contributed by atoms with Gasteiger partial charge in [0.25, 0.3) is 0 Å². The maximum Gasteiger partial charge on any atom is 0.229 e. The first kappa shape index (κ1) is 12.5. The molecular formula is C18H14O2. The fourth-order valence-corrected chi connectivity index (χ4v) is 2.59. The molecule has 0 amide bonds. The molecule has 20 heavy (non-hydrogen) atoms. The number of rotatable bonds is 2. The van der Waals surface area contributed by atoms with Crippen LogP contribution in [0.3, 0.4) is 0 Å². The van der Waals surface area contributed by atoms with E-state index in [-0.39, 0.29) is 11.6 Å². The molecule has 0 unspecified atom stereocenters. The summed E-state index contributed by atoms with van der Waals surface area (Å²) < 4.78 is 0. The zero-order chi connectivity index (χ0) is 13.9. The van der Waals surface area contributed by atoms with E-state index in [0.717, 1.165) is 16.7 Å². The fourth-order valence-electron chi connectivity index (χ4n) is 2.59. The Balaban J connectivity index is 2.22. The Morgan fingerprint density at radius 1 is 0.650 bits per heavy atom. The molecule has 0 bridgehead atoms. The highest BCUT2D eigenvalue weighted by atomic mass is 16.2. The van der Waals surface area contributed by atoms with Crippen molar-refractivity contribution in [1.29, 1.82) is 0 Å². The molecule has 98 valence electrons. The molecule has 1 aliphatic carbocycles. The van der Waals surface area contributed by atoms with E-state index in [9.17, 15) is 9.59 Å². The first-order chi connectivity index (χ1) is 9.77. The fraction of sp³-hybridized carbons (Fsp3) is 0.111. The van der Waals surface area contributed by atoms with Gasteiger partial charge in [-0.2, -0.15) is 0 Å². The summed E-state index contributed by atoms with van der Waals surface area (Å²) in [6, 6.07) is 19.3. The van der Waals surface area contributed by atoms with Crippen LogP contribution in [0.1, 0.15) is 24.0 Å². The van der Waals surface area contributed by atoms with Crippen molar-refractivity contribution in [3.63, 3.8) is 0 Å². The van der Waals surface area contributed by atoms with E-state index in [0.29, 0.717) is 18.4 Å². The van der Waals surface area contributed by atoms with Gasteiger partial charge >= 0.3 is 0 Å². The van der Waals surface area contributed by atoms with Crippen molar-refractivity contribution >= 4 is 22.7 Å². The lowest BCUT2D eigenvalue weighted by molar-refractivity contribution is -0.133. The van der Waals surface area contributed by atoms with Crippen LogP contribution in [0.2, 0.25) is 0 Å². The minimum Gasteiger partial charge on any atom is -0.290 e. The molecule has 2 aromatic rings. The summed E-state index contributed by atoms with van der Waals surface area (Å²) in [5.41, 5.74) is 3.38. The molecule has 2 heteroatoms. The van der Waals surface area contributed by atoms with Gasteiger partial charge in [-0.15, -0.1) is 0 Å². The van der Waals surface area contributed by atoms with E-state index in [1.807, 2.05) is 60.7 Å². The van der Waals surface area contributed by atoms with Crippen LogP contribution >= 0.6 is 0 Å². The maximum absolute atomic E-state index is 12.3. The third kappa shape index (κ3) is 2.21. The minimum atomic E-state index is -0.360. The lowest BCUT2D eigenvalue weighted by Crippen LogP contribution is -2.21. The van der Waals surface area contributed by atoms with Crippen molar-refractivity contribution in [2.75, 3.05) is 0 Å². The van der Waals surface area contributed by atoms with Gasteiger partial charge in [0.2, 0.25) is 11.6 Å². The first-order valence-electron chi connectivity index (χ1n) is 6.69. The molecule has 0 heterocycles. The number of carbonyl (C=O) groups is 2. The summed E-state index contributed by atoms with van der Waals surface area (Å²) in [6.45, 7) is 0. The van der Waals surface area contributed by atoms with Crippen LogP contribution in [-0.4, -0.2) is 11.6 Å². The van der Waals surface area contributed by atoms with E-state index in [1.165, 1.54) is 0 Å². The van der Waals surface area contributed by atoms with Crippen molar-refractivity contribution < 1.29 is 9.59 Å². The van der Waals surface area contributed by atoms with Gasteiger partial charge < -0.3 is 0 Å². The normalized spacial score (nSPS) is 15.6. The third-order valence-electron chi connectivity index (χ3n) is 3.57. The Hall–Kier alpha value is -2.48. The van der Waals surface area contributed by atoms with Crippen LogP contribution in [0, 0.1) is 0 Å². The van der Waals surface area contributed by atoms with Crippen molar-refractivity contribution in [1.82, 2.24) is 0 Å². The third-order valence-corrected chi connectivity index (χ3v) is 3.57. The lowest BCUT2D eigenvalue weighted by Gasteiger charge is -2.19. The van der Waals surface area contributed by atoms with Crippen LogP contribution < -0.4 is 0 Å². The van der Waals surface area contributed by atoms with Crippen LogP contribution in [-0.2, 0) is 9.59 Å². The minimum absolute atomic E-state index is 0.288. The Labute approximate surface area is 117 Å².